The van der Waals surface area contributed by atoms with Crippen LogP contribution in [0.4, 0.5) is 0 Å². The Balaban J connectivity index is 1.53. The Morgan fingerprint density at radius 2 is 1.90 bits per heavy atom. The van der Waals surface area contributed by atoms with Gasteiger partial charge in [0.25, 0.3) is 0 Å². The highest BCUT2D eigenvalue weighted by Gasteiger charge is 2.04. The molecule has 0 saturated carbocycles. The van der Waals surface area contributed by atoms with Gasteiger partial charge < -0.3 is 4.74 Å². The predicted molar refractivity (Wildman–Crippen MR) is 131 cm³/mol. The average Bonchev–Trinajstić information content (AvgIpc) is 3.27. The van der Waals surface area contributed by atoms with Crippen molar-refractivity contribution in [1.29, 1.82) is 0 Å². The summed E-state index contributed by atoms with van der Waals surface area (Å²) in [5, 5.41) is 0. The Labute approximate surface area is 190 Å². The first-order valence-electron chi connectivity index (χ1n) is 10.4. The fraction of sp³-hybridized carbons (Fsp3) is 0.296. The van der Waals surface area contributed by atoms with E-state index in [1.54, 1.807) is 11.3 Å². The number of nitrogens with zero attached hydrogens (tertiary/aromatic N) is 2. The summed E-state index contributed by atoms with van der Waals surface area (Å²) in [5.41, 5.74) is 5.46. The van der Waals surface area contributed by atoms with E-state index in [0.29, 0.717) is 6.61 Å². The highest BCUT2D eigenvalue weighted by molar-refractivity contribution is 7.13. The van der Waals surface area contributed by atoms with Crippen molar-refractivity contribution in [1.82, 2.24) is 9.88 Å². The third kappa shape index (κ3) is 8.05. The van der Waals surface area contributed by atoms with Crippen LogP contribution in [0.2, 0.25) is 0 Å². The number of thiazole rings is 1. The summed E-state index contributed by atoms with van der Waals surface area (Å²) in [7, 11) is 2.11. The minimum absolute atomic E-state index is 0.0408. The van der Waals surface area contributed by atoms with Gasteiger partial charge in [0.15, 0.2) is 0 Å². The van der Waals surface area contributed by atoms with Gasteiger partial charge in [0.2, 0.25) is 0 Å². The molecule has 3 rings (SSSR count). The summed E-state index contributed by atoms with van der Waals surface area (Å²) in [5.74, 6) is 7.23. The third-order valence-corrected chi connectivity index (χ3v) is 5.29. The zero-order valence-electron chi connectivity index (χ0n) is 18.8. The molecule has 0 radical (unpaired) electrons. The van der Waals surface area contributed by atoms with Gasteiger partial charge in [0.05, 0.1) is 10.4 Å². The van der Waals surface area contributed by atoms with Crippen molar-refractivity contribution in [3.63, 3.8) is 0 Å². The number of benzene rings is 2. The van der Waals surface area contributed by atoms with E-state index >= 15 is 0 Å². The normalized spacial score (nSPS) is 11.5. The van der Waals surface area contributed by atoms with Crippen LogP contribution in [0.1, 0.15) is 31.9 Å². The van der Waals surface area contributed by atoms with Crippen LogP contribution in [0, 0.1) is 17.3 Å². The number of rotatable bonds is 8. The standard InChI is InChI=1S/C27H30N2OS/c1-27(2,3)14-6-5-7-15-29(4)19-22-10-9-13-25(17-22)30-20-23-11-8-12-24(16-23)26-18-28-21-31-26/h5,7-13,16-18,21H,15,19-20H2,1-4H3. The molecule has 0 spiro atoms. The van der Waals surface area contributed by atoms with Gasteiger partial charge in [0.1, 0.15) is 12.4 Å². The molecule has 0 amide bonds. The van der Waals surface area contributed by atoms with E-state index in [-0.39, 0.29) is 5.41 Å². The minimum atomic E-state index is 0.0408. The Bertz CT molecular complexity index is 1050. The second-order valence-corrected chi connectivity index (χ2v) is 9.51. The average molecular weight is 431 g/mol. The van der Waals surface area contributed by atoms with Gasteiger partial charge in [-0.15, -0.1) is 11.3 Å². The molecule has 0 unspecified atom stereocenters. The number of allylic oxidation sites excluding steroid dienone is 1. The monoisotopic (exact) mass is 430 g/mol. The molecular weight excluding hydrogens is 400 g/mol. The molecule has 3 aromatic rings. The molecule has 0 aliphatic carbocycles. The van der Waals surface area contributed by atoms with Crippen molar-refractivity contribution < 1.29 is 4.74 Å². The van der Waals surface area contributed by atoms with E-state index in [9.17, 15) is 0 Å². The van der Waals surface area contributed by atoms with Crippen LogP contribution in [-0.4, -0.2) is 23.5 Å². The molecule has 3 nitrogen and oxygen atoms in total. The first-order chi connectivity index (χ1) is 14.9. The molecule has 31 heavy (non-hydrogen) atoms. The Kier molecular flexibility index (Phi) is 8.06. The molecule has 0 atom stereocenters. The number of aromatic nitrogens is 1. The maximum Gasteiger partial charge on any atom is 0.120 e. The van der Waals surface area contributed by atoms with Crippen molar-refractivity contribution in [2.24, 2.45) is 5.41 Å². The van der Waals surface area contributed by atoms with Gasteiger partial charge >= 0.3 is 0 Å². The van der Waals surface area contributed by atoms with Gasteiger partial charge in [-0.25, -0.2) is 0 Å². The SMILES string of the molecule is CN(CC=CC#CC(C)(C)C)Cc1cccc(OCc2cccc(-c3cncs3)c2)c1. The molecular formula is C27H30N2OS. The van der Waals surface area contributed by atoms with E-state index < -0.39 is 0 Å². The molecule has 1 aromatic heterocycles. The van der Waals surface area contributed by atoms with E-state index in [2.05, 4.69) is 98.1 Å². The lowest BCUT2D eigenvalue weighted by molar-refractivity contribution is 0.304. The molecule has 0 fully saturated rings. The topological polar surface area (TPSA) is 25.4 Å². The zero-order chi connectivity index (χ0) is 22.1. The van der Waals surface area contributed by atoms with Crippen molar-refractivity contribution in [2.45, 2.75) is 33.9 Å². The van der Waals surface area contributed by atoms with Crippen molar-refractivity contribution >= 4 is 11.3 Å². The predicted octanol–water partition coefficient (Wildman–Crippen LogP) is 6.43. The van der Waals surface area contributed by atoms with Crippen molar-refractivity contribution in [2.75, 3.05) is 13.6 Å². The lowest BCUT2D eigenvalue weighted by atomic mass is 9.98. The lowest BCUT2D eigenvalue weighted by Gasteiger charge is -2.15. The second-order valence-electron chi connectivity index (χ2n) is 8.62. The van der Waals surface area contributed by atoms with E-state index in [1.165, 1.54) is 16.0 Å². The summed E-state index contributed by atoms with van der Waals surface area (Å²) in [6.07, 6.45) is 5.95. The van der Waals surface area contributed by atoms with Gasteiger partial charge in [-0.05, 0) is 68.8 Å². The van der Waals surface area contributed by atoms with E-state index in [1.807, 2.05) is 23.8 Å². The summed E-state index contributed by atoms with van der Waals surface area (Å²) in [4.78, 5) is 7.59. The van der Waals surface area contributed by atoms with Crippen LogP contribution < -0.4 is 4.74 Å². The summed E-state index contributed by atoms with van der Waals surface area (Å²) < 4.78 is 6.07. The van der Waals surface area contributed by atoms with Crippen LogP contribution >= 0.6 is 11.3 Å². The maximum absolute atomic E-state index is 6.07. The number of hydrogen-bond acceptors (Lipinski definition) is 4. The fourth-order valence-corrected chi connectivity index (χ4v) is 3.62. The molecule has 0 bridgehead atoms. The first-order valence-corrected chi connectivity index (χ1v) is 11.3. The van der Waals surface area contributed by atoms with Gasteiger partial charge in [-0.2, -0.15) is 0 Å². The molecule has 0 saturated heterocycles. The zero-order valence-corrected chi connectivity index (χ0v) is 19.6. The molecule has 160 valence electrons. The van der Waals surface area contributed by atoms with Crippen molar-refractivity contribution in [3.05, 3.63) is 83.5 Å². The number of likely N-dealkylation sites (N-methyl/N-ethyl adjacent to an activating group) is 1. The molecule has 4 heteroatoms. The largest absolute Gasteiger partial charge is 0.489 e. The highest BCUT2D eigenvalue weighted by Crippen LogP contribution is 2.24. The molecule has 1 heterocycles. The van der Waals surface area contributed by atoms with Crippen molar-refractivity contribution in [3.8, 4) is 28.0 Å². The van der Waals surface area contributed by atoms with Crippen LogP contribution in [0.3, 0.4) is 0 Å². The van der Waals surface area contributed by atoms with Gasteiger partial charge in [0, 0.05) is 24.7 Å². The molecule has 2 aromatic carbocycles. The Morgan fingerprint density at radius 3 is 2.68 bits per heavy atom. The van der Waals surface area contributed by atoms with Gasteiger partial charge in [-0.3, -0.25) is 9.88 Å². The number of hydrogen-bond donors (Lipinski definition) is 0. The Morgan fingerprint density at radius 1 is 1.10 bits per heavy atom. The van der Waals surface area contributed by atoms with Crippen LogP contribution in [0.5, 0.6) is 5.75 Å². The maximum atomic E-state index is 6.07. The minimum Gasteiger partial charge on any atom is -0.489 e. The van der Waals surface area contributed by atoms with E-state index in [4.69, 9.17) is 4.74 Å². The summed E-state index contributed by atoms with van der Waals surface area (Å²) in [6.45, 7) is 8.61. The first kappa shape index (κ1) is 22.8. The molecule has 0 N–H and O–H groups in total. The third-order valence-electron chi connectivity index (χ3n) is 4.47. The molecule has 0 aliphatic heterocycles. The smallest absolute Gasteiger partial charge is 0.120 e. The highest BCUT2D eigenvalue weighted by atomic mass is 32.1. The lowest BCUT2D eigenvalue weighted by Crippen LogP contribution is -2.17. The van der Waals surface area contributed by atoms with Crippen LogP contribution in [0.15, 0.2) is 72.4 Å². The number of ether oxygens (including phenoxy) is 1. The quantitative estimate of drug-likeness (QED) is 0.385. The van der Waals surface area contributed by atoms with Gasteiger partial charge in [-0.1, -0.05) is 48.2 Å². The summed E-state index contributed by atoms with van der Waals surface area (Å²) in [6, 6.07) is 16.8. The Hall–Kier alpha value is -2.87. The summed E-state index contributed by atoms with van der Waals surface area (Å²) >= 11 is 1.65. The van der Waals surface area contributed by atoms with Crippen LogP contribution in [0.25, 0.3) is 10.4 Å². The van der Waals surface area contributed by atoms with E-state index in [0.717, 1.165) is 24.4 Å². The second kappa shape index (κ2) is 10.9. The fourth-order valence-electron chi connectivity index (χ4n) is 3.00. The molecule has 0 aliphatic rings. The van der Waals surface area contributed by atoms with Crippen LogP contribution in [-0.2, 0) is 13.2 Å².